The summed E-state index contributed by atoms with van der Waals surface area (Å²) in [6.07, 6.45) is -4.48. The third-order valence-corrected chi connectivity index (χ3v) is 6.08. The molecule has 10 heteroatoms. The van der Waals surface area contributed by atoms with Gasteiger partial charge >= 0.3 is 6.18 Å². The molecule has 0 aromatic heterocycles. The fourth-order valence-electron chi connectivity index (χ4n) is 3.06. The third kappa shape index (κ3) is 4.40. The van der Waals surface area contributed by atoms with Gasteiger partial charge in [-0.15, -0.1) is 0 Å². The zero-order valence-corrected chi connectivity index (χ0v) is 17.8. The minimum atomic E-state index is -4.48. The van der Waals surface area contributed by atoms with Crippen molar-refractivity contribution in [2.75, 3.05) is 5.32 Å². The molecule has 4 rings (SSSR count). The number of halogens is 3. The van der Waals surface area contributed by atoms with E-state index in [4.69, 9.17) is 4.74 Å². The van der Waals surface area contributed by atoms with Crippen LogP contribution in [0, 0.1) is 6.92 Å². The number of hydrogen-bond acceptors (Lipinski definition) is 5. The summed E-state index contributed by atoms with van der Waals surface area (Å²) in [6.45, 7) is 3.46. The van der Waals surface area contributed by atoms with Gasteiger partial charge in [0.15, 0.2) is 11.5 Å². The first kappa shape index (κ1) is 21.7. The fraction of sp³-hybridized carbons (Fsp3) is 0.136. The Kier molecular flexibility index (Phi) is 5.33. The largest absolute Gasteiger partial charge is 0.453 e. The predicted molar refractivity (Wildman–Crippen MR) is 115 cm³/mol. The SMILES string of the molecule is C/C(=N\NS(=O)(=O)c1ccc(C)cc1)c1ccc2c(c1)Nc1cc(C(F)(F)F)ccc1O2. The van der Waals surface area contributed by atoms with Gasteiger partial charge in [-0.3, -0.25) is 0 Å². The van der Waals surface area contributed by atoms with Crippen molar-refractivity contribution in [1.82, 2.24) is 4.83 Å². The van der Waals surface area contributed by atoms with Gasteiger partial charge in [-0.25, -0.2) is 0 Å². The van der Waals surface area contributed by atoms with Gasteiger partial charge in [-0.05, 0) is 67.9 Å². The monoisotopic (exact) mass is 461 g/mol. The van der Waals surface area contributed by atoms with E-state index in [0.29, 0.717) is 22.7 Å². The predicted octanol–water partition coefficient (Wildman–Crippen LogP) is 5.57. The number of benzene rings is 3. The Balaban J connectivity index is 1.56. The zero-order chi connectivity index (χ0) is 23.1. The molecule has 0 aliphatic carbocycles. The van der Waals surface area contributed by atoms with Crippen LogP contribution in [0.2, 0.25) is 0 Å². The maximum atomic E-state index is 13.0. The van der Waals surface area contributed by atoms with E-state index in [-0.39, 0.29) is 16.3 Å². The molecule has 0 radical (unpaired) electrons. The van der Waals surface area contributed by atoms with Crippen molar-refractivity contribution in [3.8, 4) is 11.5 Å². The third-order valence-electron chi connectivity index (χ3n) is 4.86. The Hall–Kier alpha value is -3.53. The molecule has 0 saturated heterocycles. The average molecular weight is 461 g/mol. The van der Waals surface area contributed by atoms with E-state index in [1.165, 1.54) is 18.2 Å². The topological polar surface area (TPSA) is 79.8 Å². The first-order valence-electron chi connectivity index (χ1n) is 9.46. The van der Waals surface area contributed by atoms with Crippen molar-refractivity contribution in [2.24, 2.45) is 5.10 Å². The molecular weight excluding hydrogens is 443 g/mol. The number of nitrogens with one attached hydrogen (secondary N) is 2. The van der Waals surface area contributed by atoms with Crippen LogP contribution >= 0.6 is 0 Å². The van der Waals surface area contributed by atoms with E-state index in [2.05, 4.69) is 15.2 Å². The lowest BCUT2D eigenvalue weighted by Gasteiger charge is -2.23. The molecule has 1 aliphatic heterocycles. The maximum Gasteiger partial charge on any atom is 0.416 e. The Morgan fingerprint density at radius 3 is 2.25 bits per heavy atom. The number of sulfonamides is 1. The highest BCUT2D eigenvalue weighted by molar-refractivity contribution is 7.89. The van der Waals surface area contributed by atoms with Crippen LogP contribution in [0.1, 0.15) is 23.6 Å². The van der Waals surface area contributed by atoms with Crippen LogP contribution in [0.3, 0.4) is 0 Å². The van der Waals surface area contributed by atoms with Crippen molar-refractivity contribution in [3.63, 3.8) is 0 Å². The van der Waals surface area contributed by atoms with Crippen LogP contribution in [-0.2, 0) is 16.2 Å². The summed E-state index contributed by atoms with van der Waals surface area (Å²) in [5, 5.41) is 6.90. The molecule has 0 saturated carbocycles. The quantitative estimate of drug-likeness (QED) is 0.308. The summed E-state index contributed by atoms with van der Waals surface area (Å²) in [5.41, 5.74) is 1.66. The van der Waals surface area contributed by atoms with Crippen LogP contribution in [-0.4, -0.2) is 14.1 Å². The Labute approximate surface area is 182 Å². The highest BCUT2D eigenvalue weighted by Crippen LogP contribution is 2.44. The van der Waals surface area contributed by atoms with E-state index in [1.54, 1.807) is 37.3 Å². The molecule has 1 heterocycles. The Bertz CT molecular complexity index is 1320. The van der Waals surface area contributed by atoms with Gasteiger partial charge < -0.3 is 10.1 Å². The fourth-order valence-corrected chi connectivity index (χ4v) is 3.92. The zero-order valence-electron chi connectivity index (χ0n) is 17.0. The van der Waals surface area contributed by atoms with Crippen LogP contribution in [0.15, 0.2) is 70.7 Å². The molecule has 6 nitrogen and oxygen atoms in total. The number of nitrogens with zero attached hydrogens (tertiary/aromatic N) is 1. The minimum Gasteiger partial charge on any atom is -0.453 e. The number of hydrogen-bond donors (Lipinski definition) is 2. The molecule has 0 fully saturated rings. The van der Waals surface area contributed by atoms with Crippen molar-refractivity contribution in [3.05, 3.63) is 77.4 Å². The van der Waals surface area contributed by atoms with Gasteiger partial charge in [-0.1, -0.05) is 17.7 Å². The average Bonchev–Trinajstić information content (AvgIpc) is 2.75. The number of aryl methyl sites for hydroxylation is 1. The maximum absolute atomic E-state index is 13.0. The van der Waals surface area contributed by atoms with E-state index in [1.807, 2.05) is 6.92 Å². The van der Waals surface area contributed by atoms with Crippen molar-refractivity contribution in [2.45, 2.75) is 24.9 Å². The smallest absolute Gasteiger partial charge is 0.416 e. The first-order chi connectivity index (χ1) is 15.0. The number of rotatable bonds is 4. The molecule has 0 bridgehead atoms. The van der Waals surface area contributed by atoms with E-state index >= 15 is 0 Å². The second-order valence-electron chi connectivity index (χ2n) is 7.25. The van der Waals surface area contributed by atoms with Crippen LogP contribution < -0.4 is 14.9 Å². The summed E-state index contributed by atoms with van der Waals surface area (Å²) in [4.78, 5) is 2.28. The number of ether oxygens (including phenoxy) is 1. The van der Waals surface area contributed by atoms with Gasteiger partial charge in [0.25, 0.3) is 10.0 Å². The van der Waals surface area contributed by atoms with Crippen molar-refractivity contribution >= 4 is 27.1 Å². The summed E-state index contributed by atoms with van der Waals surface area (Å²) in [7, 11) is -3.84. The van der Waals surface area contributed by atoms with Crippen LogP contribution in [0.4, 0.5) is 24.5 Å². The molecule has 3 aromatic rings. The summed E-state index contributed by atoms with van der Waals surface area (Å²) < 4.78 is 69.5. The second-order valence-corrected chi connectivity index (χ2v) is 8.91. The first-order valence-corrected chi connectivity index (χ1v) is 10.9. The van der Waals surface area contributed by atoms with E-state index < -0.39 is 21.8 Å². The molecule has 32 heavy (non-hydrogen) atoms. The number of anilines is 2. The molecular formula is C22H18F3N3O3S. The highest BCUT2D eigenvalue weighted by atomic mass is 32.2. The number of fused-ring (bicyclic) bond motifs is 2. The second kappa shape index (κ2) is 7.86. The van der Waals surface area contributed by atoms with Gasteiger partial charge in [0.1, 0.15) is 0 Å². The van der Waals surface area contributed by atoms with Gasteiger partial charge in [0.05, 0.1) is 27.5 Å². The van der Waals surface area contributed by atoms with Crippen LogP contribution in [0.5, 0.6) is 11.5 Å². The van der Waals surface area contributed by atoms with E-state index in [9.17, 15) is 21.6 Å². The Morgan fingerprint density at radius 2 is 1.59 bits per heavy atom. The highest BCUT2D eigenvalue weighted by Gasteiger charge is 2.32. The molecule has 2 N–H and O–H groups in total. The summed E-state index contributed by atoms with van der Waals surface area (Å²) in [5.74, 6) is 0.698. The lowest BCUT2D eigenvalue weighted by molar-refractivity contribution is -0.137. The van der Waals surface area contributed by atoms with Gasteiger partial charge in [0, 0.05) is 0 Å². The van der Waals surface area contributed by atoms with Gasteiger partial charge in [-0.2, -0.15) is 31.5 Å². The molecule has 0 spiro atoms. The molecule has 3 aromatic carbocycles. The van der Waals surface area contributed by atoms with Crippen LogP contribution in [0.25, 0.3) is 0 Å². The van der Waals surface area contributed by atoms with Gasteiger partial charge in [0.2, 0.25) is 0 Å². The lowest BCUT2D eigenvalue weighted by atomic mass is 10.1. The Morgan fingerprint density at radius 1 is 0.969 bits per heavy atom. The minimum absolute atomic E-state index is 0.0808. The summed E-state index contributed by atoms with van der Waals surface area (Å²) >= 11 is 0. The summed E-state index contributed by atoms with van der Waals surface area (Å²) in [6, 6.07) is 14.4. The van der Waals surface area contributed by atoms with Crippen molar-refractivity contribution < 1.29 is 26.3 Å². The lowest BCUT2D eigenvalue weighted by Crippen LogP contribution is -2.20. The normalized spacial score (nSPS) is 13.5. The molecule has 0 amide bonds. The number of hydrazone groups is 1. The standard InChI is InChI=1S/C22H18F3N3O3S/c1-13-3-7-17(8-4-13)32(29,30)28-27-14(2)15-5-9-20-18(11-15)26-19-12-16(22(23,24)25)6-10-21(19)31-20/h3-12,26,28H,1-2H3/b27-14+. The van der Waals surface area contributed by atoms with E-state index in [0.717, 1.165) is 17.7 Å². The van der Waals surface area contributed by atoms with Crippen molar-refractivity contribution in [1.29, 1.82) is 0 Å². The molecule has 0 atom stereocenters. The molecule has 166 valence electrons. The molecule has 1 aliphatic rings. The number of alkyl halides is 3. The molecule has 0 unspecified atom stereocenters.